The molecule has 0 amide bonds. The molecule has 2 aliphatic heterocycles. The van der Waals surface area contributed by atoms with Gasteiger partial charge in [-0.1, -0.05) is 116 Å². The molecule has 2 heterocycles. The number of nitrogens with zero attached hydrogens (tertiary/aromatic N) is 2. The molecule has 2 saturated heterocycles. The van der Waals surface area contributed by atoms with Gasteiger partial charge in [-0.3, -0.25) is 0 Å². The first kappa shape index (κ1) is 32.4. The Labute approximate surface area is 296 Å². The zero-order valence-electron chi connectivity index (χ0n) is 29.9. The lowest BCUT2D eigenvalue weighted by atomic mass is 9.68. The summed E-state index contributed by atoms with van der Waals surface area (Å²) in [6.45, 7) is 6.92. The molecule has 5 aliphatic carbocycles. The van der Waals surface area contributed by atoms with E-state index < -0.39 is 0 Å². The number of fused-ring (bicyclic) bond motifs is 7. The molecule has 7 aliphatic rings. The van der Waals surface area contributed by atoms with Gasteiger partial charge in [-0.25, -0.2) is 0 Å². The molecule has 2 nitrogen and oxygen atoms in total. The van der Waals surface area contributed by atoms with Crippen molar-refractivity contribution >= 4 is 11.8 Å². The topological polar surface area (TPSA) is 6.48 Å². The van der Waals surface area contributed by atoms with Gasteiger partial charge in [-0.05, 0) is 118 Å². The first-order valence-corrected chi connectivity index (χ1v) is 19.6. The zero-order chi connectivity index (χ0) is 33.2. The first-order chi connectivity index (χ1) is 24.1. The van der Waals surface area contributed by atoms with Crippen LogP contribution >= 0.6 is 0 Å². The summed E-state index contributed by atoms with van der Waals surface area (Å²) in [7, 11) is 0. The summed E-state index contributed by atoms with van der Waals surface area (Å²) < 4.78 is 0. The summed E-state index contributed by atoms with van der Waals surface area (Å²) in [6, 6.07) is 8.15. The molecule has 0 aromatic heterocycles. The quantitative estimate of drug-likeness (QED) is 0.204. The summed E-state index contributed by atoms with van der Waals surface area (Å²) >= 11 is 0. The van der Waals surface area contributed by atoms with Crippen LogP contribution in [0.15, 0.2) is 132 Å². The SMILES string of the molecule is CC/C=C\C=C/CC[C@H](C)N1CC2(C=CCCCC2)[C@@H]2CC(C3=CC4C5=CC=CC(C5)CN(c5ccc6c(c5)CCC=C6)[C@H]4C=C3)=CC=C21. The van der Waals surface area contributed by atoms with Crippen LogP contribution < -0.4 is 4.90 Å². The van der Waals surface area contributed by atoms with E-state index in [-0.39, 0.29) is 5.41 Å². The zero-order valence-corrected chi connectivity index (χ0v) is 29.9. The maximum absolute atomic E-state index is 2.81. The van der Waals surface area contributed by atoms with E-state index in [9.17, 15) is 0 Å². The van der Waals surface area contributed by atoms with Gasteiger partial charge in [0.25, 0.3) is 0 Å². The second kappa shape index (κ2) is 14.2. The van der Waals surface area contributed by atoms with E-state index in [1.165, 1.54) is 67.5 Å². The highest BCUT2D eigenvalue weighted by Crippen LogP contribution is 2.54. The Morgan fingerprint density at radius 2 is 1.92 bits per heavy atom. The first-order valence-electron chi connectivity index (χ1n) is 19.6. The van der Waals surface area contributed by atoms with Crippen LogP contribution in [0.2, 0.25) is 0 Å². The Kier molecular flexibility index (Phi) is 9.41. The molecule has 254 valence electrons. The second-order valence-electron chi connectivity index (χ2n) is 15.8. The number of anilines is 1. The van der Waals surface area contributed by atoms with Crippen LogP contribution in [0.5, 0.6) is 0 Å². The van der Waals surface area contributed by atoms with Crippen LogP contribution in [-0.4, -0.2) is 30.1 Å². The highest BCUT2D eigenvalue weighted by atomic mass is 15.2. The van der Waals surface area contributed by atoms with Gasteiger partial charge in [0, 0.05) is 47.8 Å². The van der Waals surface area contributed by atoms with Crippen LogP contribution in [0.3, 0.4) is 0 Å². The number of rotatable bonds is 8. The lowest BCUT2D eigenvalue weighted by Crippen LogP contribution is -2.40. The van der Waals surface area contributed by atoms with Crippen LogP contribution in [0.1, 0.15) is 89.2 Å². The van der Waals surface area contributed by atoms with Crippen LogP contribution in [-0.2, 0) is 6.42 Å². The number of benzene rings is 1. The van der Waals surface area contributed by atoms with Crippen LogP contribution in [0.4, 0.5) is 5.69 Å². The molecule has 3 unspecified atom stereocenters. The Morgan fingerprint density at radius 3 is 2.86 bits per heavy atom. The minimum absolute atomic E-state index is 0.252. The molecular formula is C47H56N2. The lowest BCUT2D eigenvalue weighted by molar-refractivity contribution is 0.230. The third-order valence-corrected chi connectivity index (χ3v) is 12.7. The highest BCUT2D eigenvalue weighted by Gasteiger charge is 2.49. The minimum atomic E-state index is 0.252. The molecule has 2 bridgehead atoms. The van der Waals surface area contributed by atoms with Crippen molar-refractivity contribution < 1.29 is 0 Å². The maximum Gasteiger partial charge on any atom is 0.0577 e. The van der Waals surface area contributed by atoms with Gasteiger partial charge in [0.15, 0.2) is 0 Å². The van der Waals surface area contributed by atoms with Gasteiger partial charge in [0.1, 0.15) is 0 Å². The molecule has 1 aromatic carbocycles. The average Bonchev–Trinajstić information content (AvgIpc) is 3.23. The predicted octanol–water partition coefficient (Wildman–Crippen LogP) is 11.4. The lowest BCUT2D eigenvalue weighted by Gasteiger charge is -2.38. The Bertz CT molecular complexity index is 1720. The number of hydrogen-bond acceptors (Lipinski definition) is 2. The van der Waals surface area contributed by atoms with Crippen molar-refractivity contribution in [3.8, 4) is 0 Å². The van der Waals surface area contributed by atoms with Gasteiger partial charge < -0.3 is 9.80 Å². The summed E-state index contributed by atoms with van der Waals surface area (Å²) in [6.07, 6.45) is 52.2. The standard InChI is InChI=1S/C47H56N2/c1-3-4-5-6-7-10-16-35(2)49-34-47(27-13-8-9-14-28-47)44-32-40(23-26-46(44)49)39-22-25-45-43(31-39)41-20-15-17-36(29-41)33-48(45)42-24-21-37-18-11-12-19-38(37)30-42/h4-7,11,13,15,17-18,20-27,30-31,35-36,43-45H,3,8-10,12,14,16,19,28-29,32-34H2,1-2H3/b5-4-,7-6-/t35-,36?,43?,44+,45-,47?/m0/s1. The molecule has 0 saturated carbocycles. The van der Waals surface area contributed by atoms with Crippen molar-refractivity contribution in [2.75, 3.05) is 18.0 Å². The molecule has 0 N–H and O–H groups in total. The number of hydrogen-bond donors (Lipinski definition) is 0. The predicted molar refractivity (Wildman–Crippen MR) is 209 cm³/mol. The summed E-state index contributed by atoms with van der Waals surface area (Å²) in [5, 5.41) is 0. The van der Waals surface area contributed by atoms with Crippen molar-refractivity contribution in [3.63, 3.8) is 0 Å². The molecule has 2 heteroatoms. The molecule has 2 fully saturated rings. The molecule has 1 aromatic rings. The van der Waals surface area contributed by atoms with Crippen molar-refractivity contribution in [1.82, 2.24) is 4.90 Å². The van der Waals surface area contributed by atoms with E-state index in [1.807, 2.05) is 0 Å². The van der Waals surface area contributed by atoms with Crippen molar-refractivity contribution in [2.45, 2.75) is 96.6 Å². The second-order valence-corrected chi connectivity index (χ2v) is 15.8. The largest absolute Gasteiger partial charge is 0.371 e. The van der Waals surface area contributed by atoms with E-state index in [2.05, 4.69) is 139 Å². The number of aryl methyl sites for hydroxylation is 1. The Morgan fingerprint density at radius 1 is 0.980 bits per heavy atom. The van der Waals surface area contributed by atoms with Gasteiger partial charge in [-0.2, -0.15) is 0 Å². The molecule has 6 atom stereocenters. The Hall–Kier alpha value is -3.78. The molecule has 0 radical (unpaired) electrons. The molecule has 1 spiro atoms. The maximum atomic E-state index is 2.81. The fourth-order valence-corrected chi connectivity index (χ4v) is 9.96. The summed E-state index contributed by atoms with van der Waals surface area (Å²) in [5.74, 6) is 1.54. The van der Waals surface area contributed by atoms with Gasteiger partial charge >= 0.3 is 0 Å². The summed E-state index contributed by atoms with van der Waals surface area (Å²) in [5.41, 5.74) is 10.8. The highest BCUT2D eigenvalue weighted by molar-refractivity contribution is 5.64. The number of allylic oxidation sites excluding steroid dienone is 14. The Balaban J connectivity index is 1.08. The van der Waals surface area contributed by atoms with Crippen LogP contribution in [0, 0.1) is 23.2 Å². The molecular weight excluding hydrogens is 593 g/mol. The average molecular weight is 649 g/mol. The summed E-state index contributed by atoms with van der Waals surface area (Å²) in [4.78, 5) is 5.54. The van der Waals surface area contributed by atoms with E-state index in [0.29, 0.717) is 29.8 Å². The third kappa shape index (κ3) is 6.49. The molecule has 8 rings (SSSR count). The van der Waals surface area contributed by atoms with E-state index in [4.69, 9.17) is 0 Å². The van der Waals surface area contributed by atoms with Crippen LogP contribution in [0.25, 0.3) is 6.08 Å². The van der Waals surface area contributed by atoms with Gasteiger partial charge in [-0.15, -0.1) is 0 Å². The van der Waals surface area contributed by atoms with Gasteiger partial charge in [0.05, 0.1) is 6.04 Å². The minimum Gasteiger partial charge on any atom is -0.371 e. The van der Waals surface area contributed by atoms with E-state index in [1.54, 1.807) is 16.8 Å². The third-order valence-electron chi connectivity index (χ3n) is 12.7. The smallest absolute Gasteiger partial charge is 0.0577 e. The van der Waals surface area contributed by atoms with Gasteiger partial charge in [0.2, 0.25) is 0 Å². The fraction of sp³-hybridized carbons (Fsp3) is 0.447. The normalized spacial score (nSPS) is 30.8. The van der Waals surface area contributed by atoms with E-state index in [0.717, 1.165) is 38.6 Å². The fourth-order valence-electron chi connectivity index (χ4n) is 9.96. The van der Waals surface area contributed by atoms with Crippen molar-refractivity contribution in [3.05, 3.63) is 143 Å². The van der Waals surface area contributed by atoms with E-state index >= 15 is 0 Å². The van der Waals surface area contributed by atoms with Crippen molar-refractivity contribution in [1.29, 1.82) is 0 Å². The van der Waals surface area contributed by atoms with Crippen molar-refractivity contribution in [2.24, 2.45) is 23.2 Å². The monoisotopic (exact) mass is 648 g/mol. The number of likely N-dealkylation sites (tertiary alicyclic amines) is 1. The molecule has 49 heavy (non-hydrogen) atoms.